The number of carboxylic acid groups (broad SMARTS) is 1. The molecule has 1 fully saturated rings. The van der Waals surface area contributed by atoms with E-state index >= 15 is 0 Å². The lowest BCUT2D eigenvalue weighted by Gasteiger charge is -2.33. The van der Waals surface area contributed by atoms with Crippen LogP contribution in [0.25, 0.3) is 0 Å². The number of benzene rings is 2. The number of hydrogen-bond donors (Lipinski definition) is 1. The number of amides is 4. The van der Waals surface area contributed by atoms with E-state index in [1.165, 1.54) is 10.5 Å². The van der Waals surface area contributed by atoms with Crippen molar-refractivity contribution in [2.45, 2.75) is 52.4 Å². The number of piperidine rings is 1. The van der Waals surface area contributed by atoms with Crippen LogP contribution in [-0.4, -0.2) is 62.8 Å². The molecular formula is C26H29N3O6. The molecule has 184 valence electrons. The molecule has 0 bridgehead atoms. The minimum atomic E-state index is -1.62. The van der Waals surface area contributed by atoms with Crippen LogP contribution >= 0.6 is 0 Å². The molecule has 0 aromatic heterocycles. The number of rotatable bonds is 8. The zero-order valence-corrected chi connectivity index (χ0v) is 19.9. The van der Waals surface area contributed by atoms with Crippen LogP contribution in [0.2, 0.25) is 0 Å². The van der Waals surface area contributed by atoms with Gasteiger partial charge in [0.1, 0.15) is 18.4 Å². The van der Waals surface area contributed by atoms with Crippen molar-refractivity contribution in [3.63, 3.8) is 0 Å². The van der Waals surface area contributed by atoms with E-state index in [9.17, 15) is 24.3 Å². The molecule has 2 aliphatic heterocycles. The average molecular weight is 480 g/mol. The van der Waals surface area contributed by atoms with Gasteiger partial charge in [-0.25, -0.2) is 4.79 Å². The number of imide groups is 3. The van der Waals surface area contributed by atoms with Crippen molar-refractivity contribution in [1.82, 2.24) is 14.7 Å². The first-order chi connectivity index (χ1) is 16.8. The Morgan fingerprint density at radius 2 is 1.74 bits per heavy atom. The highest BCUT2D eigenvalue weighted by Gasteiger charge is 2.45. The van der Waals surface area contributed by atoms with E-state index in [1.807, 2.05) is 12.1 Å². The molecular weight excluding hydrogens is 450 g/mol. The third kappa shape index (κ3) is 4.90. The molecule has 1 saturated heterocycles. The van der Waals surface area contributed by atoms with Crippen LogP contribution in [0, 0.1) is 0 Å². The van der Waals surface area contributed by atoms with Gasteiger partial charge in [-0.15, -0.1) is 0 Å². The van der Waals surface area contributed by atoms with E-state index in [4.69, 9.17) is 4.74 Å². The summed E-state index contributed by atoms with van der Waals surface area (Å²) in [6, 6.07) is 12.4. The Morgan fingerprint density at radius 1 is 1.06 bits per heavy atom. The molecule has 0 radical (unpaired) electrons. The molecule has 2 heterocycles. The van der Waals surface area contributed by atoms with Gasteiger partial charge >= 0.3 is 6.09 Å². The molecule has 1 atom stereocenters. The second kappa shape index (κ2) is 10.3. The second-order valence-electron chi connectivity index (χ2n) is 8.69. The molecule has 2 aliphatic rings. The van der Waals surface area contributed by atoms with E-state index in [-0.39, 0.29) is 30.2 Å². The van der Waals surface area contributed by atoms with Crippen molar-refractivity contribution >= 4 is 23.8 Å². The Labute approximate surface area is 203 Å². The number of carbonyl (C=O) groups is 4. The Bertz CT molecular complexity index is 1140. The van der Waals surface area contributed by atoms with Crippen LogP contribution in [0.1, 0.15) is 53.7 Å². The Morgan fingerprint density at radius 3 is 2.40 bits per heavy atom. The standard InChI is InChI=1S/C26H29N3O6/c1-3-27(4-2)14-17-8-10-18(11-9-17)16-35-22-7-5-6-19-20(22)15-28(24(19)31)21-12-13-23(30)29(25(21)32)26(33)34/h5-11,21H,3-4,12-16H2,1-2H3,(H,33,34). The molecule has 9 nitrogen and oxygen atoms in total. The summed E-state index contributed by atoms with van der Waals surface area (Å²) >= 11 is 0. The number of fused-ring (bicyclic) bond motifs is 1. The highest BCUT2D eigenvalue weighted by atomic mass is 16.5. The van der Waals surface area contributed by atoms with Gasteiger partial charge in [0.2, 0.25) is 5.91 Å². The van der Waals surface area contributed by atoms with E-state index in [0.29, 0.717) is 23.5 Å². The van der Waals surface area contributed by atoms with Gasteiger partial charge in [-0.1, -0.05) is 44.2 Å². The van der Waals surface area contributed by atoms with Crippen LogP contribution in [0.15, 0.2) is 42.5 Å². The molecule has 1 unspecified atom stereocenters. The number of ether oxygens (including phenoxy) is 1. The van der Waals surface area contributed by atoms with Crippen molar-refractivity contribution in [3.05, 3.63) is 64.7 Å². The van der Waals surface area contributed by atoms with Crippen LogP contribution in [-0.2, 0) is 29.3 Å². The minimum absolute atomic E-state index is 0.0944. The number of carbonyl (C=O) groups excluding carboxylic acids is 3. The monoisotopic (exact) mass is 479 g/mol. The highest BCUT2D eigenvalue weighted by molar-refractivity contribution is 6.13. The highest BCUT2D eigenvalue weighted by Crippen LogP contribution is 2.34. The van der Waals surface area contributed by atoms with Gasteiger partial charge in [0.15, 0.2) is 0 Å². The summed E-state index contributed by atoms with van der Waals surface area (Å²) in [7, 11) is 0. The summed E-state index contributed by atoms with van der Waals surface area (Å²) in [4.78, 5) is 52.9. The summed E-state index contributed by atoms with van der Waals surface area (Å²) < 4.78 is 6.05. The lowest BCUT2D eigenvalue weighted by molar-refractivity contribution is -0.149. The molecule has 2 aromatic rings. The summed E-state index contributed by atoms with van der Waals surface area (Å²) in [5.74, 6) is -1.48. The predicted molar refractivity (Wildman–Crippen MR) is 127 cm³/mol. The van der Waals surface area contributed by atoms with E-state index in [2.05, 4.69) is 30.9 Å². The van der Waals surface area contributed by atoms with Gasteiger partial charge in [0.05, 0.1) is 6.54 Å². The first-order valence-electron chi connectivity index (χ1n) is 11.8. The summed E-state index contributed by atoms with van der Waals surface area (Å²) in [5.41, 5.74) is 3.29. The molecule has 4 amide bonds. The van der Waals surface area contributed by atoms with Gasteiger partial charge in [-0.05, 0) is 42.8 Å². The second-order valence-corrected chi connectivity index (χ2v) is 8.69. The Balaban J connectivity index is 1.45. The van der Waals surface area contributed by atoms with Gasteiger partial charge in [0, 0.05) is 24.1 Å². The number of nitrogens with zero attached hydrogens (tertiary/aromatic N) is 3. The Kier molecular flexibility index (Phi) is 7.16. The van der Waals surface area contributed by atoms with Gasteiger partial charge in [-0.3, -0.25) is 19.3 Å². The van der Waals surface area contributed by atoms with E-state index in [1.54, 1.807) is 18.2 Å². The largest absolute Gasteiger partial charge is 0.489 e. The fourth-order valence-corrected chi connectivity index (χ4v) is 4.58. The smallest absolute Gasteiger partial charge is 0.421 e. The first kappa shape index (κ1) is 24.4. The fourth-order valence-electron chi connectivity index (χ4n) is 4.58. The molecule has 0 spiro atoms. The van der Waals surface area contributed by atoms with Crippen LogP contribution in [0.3, 0.4) is 0 Å². The van der Waals surface area contributed by atoms with E-state index < -0.39 is 23.9 Å². The van der Waals surface area contributed by atoms with Gasteiger partial charge < -0.3 is 14.7 Å². The van der Waals surface area contributed by atoms with Gasteiger partial charge in [-0.2, -0.15) is 4.90 Å². The predicted octanol–water partition coefficient (Wildman–Crippen LogP) is 3.26. The van der Waals surface area contributed by atoms with Gasteiger partial charge in [0.25, 0.3) is 11.8 Å². The summed E-state index contributed by atoms with van der Waals surface area (Å²) in [6.07, 6.45) is -1.64. The third-order valence-corrected chi connectivity index (χ3v) is 6.62. The Hall–Kier alpha value is -3.72. The van der Waals surface area contributed by atoms with Crippen molar-refractivity contribution in [1.29, 1.82) is 0 Å². The number of hydrogen-bond acceptors (Lipinski definition) is 6. The fraction of sp³-hybridized carbons (Fsp3) is 0.385. The lowest BCUT2D eigenvalue weighted by atomic mass is 10.0. The van der Waals surface area contributed by atoms with Crippen molar-refractivity contribution in [3.8, 4) is 5.75 Å². The normalized spacial score (nSPS) is 17.8. The zero-order chi connectivity index (χ0) is 25.1. The molecule has 35 heavy (non-hydrogen) atoms. The maximum Gasteiger partial charge on any atom is 0.421 e. The maximum atomic E-state index is 13.1. The molecule has 2 aromatic carbocycles. The van der Waals surface area contributed by atoms with E-state index in [0.717, 1.165) is 25.2 Å². The summed E-state index contributed by atoms with van der Waals surface area (Å²) in [6.45, 7) is 7.60. The van der Waals surface area contributed by atoms with Crippen LogP contribution < -0.4 is 4.74 Å². The first-order valence-corrected chi connectivity index (χ1v) is 11.8. The molecule has 9 heteroatoms. The maximum absolute atomic E-state index is 13.1. The zero-order valence-electron chi connectivity index (χ0n) is 19.9. The van der Waals surface area contributed by atoms with Crippen molar-refractivity contribution in [2.24, 2.45) is 0 Å². The quantitative estimate of drug-likeness (QED) is 0.579. The molecule has 0 saturated carbocycles. The topological polar surface area (TPSA) is 107 Å². The van der Waals surface area contributed by atoms with Crippen molar-refractivity contribution in [2.75, 3.05) is 13.1 Å². The van der Waals surface area contributed by atoms with Crippen LogP contribution in [0.5, 0.6) is 5.75 Å². The average Bonchev–Trinajstić information content (AvgIpc) is 3.18. The SMILES string of the molecule is CCN(CC)Cc1ccc(COc2cccc3c2CN(C2CCC(=O)N(C(=O)O)C2=O)C3=O)cc1. The summed E-state index contributed by atoms with van der Waals surface area (Å²) in [5, 5.41) is 9.25. The minimum Gasteiger partial charge on any atom is -0.489 e. The lowest BCUT2D eigenvalue weighted by Crippen LogP contribution is -2.56. The molecule has 1 N–H and O–H groups in total. The van der Waals surface area contributed by atoms with Crippen LogP contribution in [0.4, 0.5) is 4.79 Å². The third-order valence-electron chi connectivity index (χ3n) is 6.62. The number of likely N-dealkylation sites (tertiary alicyclic amines) is 1. The molecule has 4 rings (SSSR count). The molecule has 0 aliphatic carbocycles. The van der Waals surface area contributed by atoms with Crippen molar-refractivity contribution < 1.29 is 29.0 Å².